The quantitative estimate of drug-likeness (QED) is 0.280. The molecule has 0 aromatic carbocycles. The second kappa shape index (κ2) is 13.6. The molecule has 0 saturated carbocycles. The number of hydrogen-bond acceptors (Lipinski definition) is 2. The third-order valence-corrected chi connectivity index (χ3v) is 8.18. The minimum absolute atomic E-state index is 0.171. The minimum atomic E-state index is -0.348. The van der Waals surface area contributed by atoms with Gasteiger partial charge in [0.1, 0.15) is 0 Å². The van der Waals surface area contributed by atoms with Crippen LogP contribution in [0.1, 0.15) is 99.3 Å². The number of hydrogen-bond donors (Lipinski definition) is 0. The van der Waals surface area contributed by atoms with E-state index in [9.17, 15) is 0 Å². The van der Waals surface area contributed by atoms with E-state index in [1.165, 1.54) is 69.9 Å². The Morgan fingerprint density at radius 3 is 1.17 bits per heavy atom. The molecule has 23 heavy (non-hydrogen) atoms. The summed E-state index contributed by atoms with van der Waals surface area (Å²) in [5.74, 6) is 0. The first-order chi connectivity index (χ1) is 10.9. The maximum absolute atomic E-state index is 6.35. The molecule has 0 unspecified atom stereocenters. The van der Waals surface area contributed by atoms with E-state index < -0.39 is 0 Å². The maximum Gasteiger partial charge on any atom is 0.162 e. The lowest BCUT2D eigenvalue weighted by Gasteiger charge is -2.31. The monoisotopic (exact) mass is 360 g/mol. The molecule has 0 aliphatic heterocycles. The summed E-state index contributed by atoms with van der Waals surface area (Å²) in [6, 6.07) is 2.66. The Hall–Kier alpha value is 0.354. The Labute approximate surface area is 151 Å². The van der Waals surface area contributed by atoms with Gasteiger partial charge < -0.3 is 8.85 Å². The molecule has 2 nitrogen and oxygen atoms in total. The van der Waals surface area contributed by atoms with Crippen molar-refractivity contribution in [3.05, 3.63) is 0 Å². The van der Waals surface area contributed by atoms with Crippen LogP contribution in [0.4, 0.5) is 0 Å². The second-order valence-corrected chi connectivity index (χ2v) is 10.5. The molecule has 0 radical (unpaired) electrons. The predicted octanol–water partition coefficient (Wildman–Crippen LogP) is 5.13. The van der Waals surface area contributed by atoms with E-state index in [2.05, 4.69) is 41.5 Å². The molecule has 0 bridgehead atoms. The molecule has 140 valence electrons. The highest BCUT2D eigenvalue weighted by atomic mass is 28.2. The lowest BCUT2D eigenvalue weighted by atomic mass is 9.95. The van der Waals surface area contributed by atoms with Crippen LogP contribution in [-0.2, 0) is 8.85 Å². The fourth-order valence-corrected chi connectivity index (χ4v) is 7.35. The van der Waals surface area contributed by atoms with Crippen molar-refractivity contribution in [2.75, 3.05) is 0 Å². The normalized spacial score (nSPS) is 13.8. The van der Waals surface area contributed by atoms with E-state index >= 15 is 0 Å². The van der Waals surface area contributed by atoms with Gasteiger partial charge in [-0.05, 0) is 51.6 Å². The van der Waals surface area contributed by atoms with E-state index in [0.29, 0.717) is 0 Å². The molecule has 0 aliphatic rings. The molecule has 0 amide bonds. The van der Waals surface area contributed by atoms with E-state index in [1.54, 1.807) is 0 Å². The second-order valence-electron chi connectivity index (χ2n) is 7.66. The summed E-state index contributed by atoms with van der Waals surface area (Å²) in [6.45, 7) is 13.7. The van der Waals surface area contributed by atoms with Crippen LogP contribution in [0.25, 0.3) is 0 Å². The highest BCUT2D eigenvalue weighted by Gasteiger charge is 2.23. The lowest BCUT2D eigenvalue weighted by molar-refractivity contribution is 0.0714. The smallest absolute Gasteiger partial charge is 0.162 e. The van der Waals surface area contributed by atoms with Crippen LogP contribution < -0.4 is 0 Å². The van der Waals surface area contributed by atoms with Crippen molar-refractivity contribution in [3.63, 3.8) is 0 Å². The Morgan fingerprint density at radius 1 is 0.609 bits per heavy atom. The van der Waals surface area contributed by atoms with Crippen molar-refractivity contribution in [3.8, 4) is 0 Å². The third-order valence-electron chi connectivity index (χ3n) is 4.81. The van der Waals surface area contributed by atoms with Gasteiger partial charge in [0.05, 0.1) is 11.2 Å². The van der Waals surface area contributed by atoms with Crippen molar-refractivity contribution in [2.24, 2.45) is 0 Å². The SMILES string of the molecule is CCCC(C)(CCC)O[SiH2]CCC[SiH2]OC(C)(CCC)CCC. The van der Waals surface area contributed by atoms with Crippen LogP contribution in [0.2, 0.25) is 12.1 Å². The Bertz CT molecular complexity index is 234. The zero-order valence-corrected chi connectivity index (χ0v) is 19.8. The van der Waals surface area contributed by atoms with E-state index in [4.69, 9.17) is 8.85 Å². The van der Waals surface area contributed by atoms with Gasteiger partial charge in [0.2, 0.25) is 0 Å². The molecule has 0 rings (SSSR count). The zero-order chi connectivity index (χ0) is 17.6. The zero-order valence-electron chi connectivity index (χ0n) is 17.0. The summed E-state index contributed by atoms with van der Waals surface area (Å²) in [7, 11) is -0.696. The van der Waals surface area contributed by atoms with Crippen molar-refractivity contribution < 1.29 is 8.85 Å². The molecular weight excluding hydrogens is 316 g/mol. The van der Waals surface area contributed by atoms with Crippen LogP contribution >= 0.6 is 0 Å². The van der Waals surface area contributed by atoms with Crippen molar-refractivity contribution in [1.82, 2.24) is 0 Å². The first-order valence-electron chi connectivity index (χ1n) is 10.2. The maximum atomic E-state index is 6.35. The topological polar surface area (TPSA) is 18.5 Å². The summed E-state index contributed by atoms with van der Waals surface area (Å²) in [6.07, 6.45) is 11.2. The Balaban J connectivity index is 3.83. The van der Waals surface area contributed by atoms with Crippen LogP contribution in [0.15, 0.2) is 0 Å². The molecule has 0 saturated heterocycles. The summed E-state index contributed by atoms with van der Waals surface area (Å²) in [5.41, 5.74) is 0.342. The first-order valence-corrected chi connectivity index (χ1v) is 13.4. The molecule has 0 heterocycles. The fourth-order valence-electron chi connectivity index (χ4n) is 3.67. The molecule has 0 aromatic heterocycles. The van der Waals surface area contributed by atoms with Crippen LogP contribution in [0, 0.1) is 0 Å². The van der Waals surface area contributed by atoms with Gasteiger partial charge in [-0.2, -0.15) is 0 Å². The third kappa shape index (κ3) is 11.5. The molecule has 0 aromatic rings. The lowest BCUT2D eigenvalue weighted by Crippen LogP contribution is -2.30. The van der Waals surface area contributed by atoms with Gasteiger partial charge >= 0.3 is 0 Å². The minimum Gasteiger partial charge on any atom is -0.419 e. The summed E-state index contributed by atoms with van der Waals surface area (Å²) in [4.78, 5) is 0. The number of rotatable bonds is 16. The molecule has 0 spiro atoms. The summed E-state index contributed by atoms with van der Waals surface area (Å²) >= 11 is 0. The Morgan fingerprint density at radius 2 is 0.913 bits per heavy atom. The fraction of sp³-hybridized carbons (Fsp3) is 1.00. The first kappa shape index (κ1) is 23.4. The average molecular weight is 361 g/mol. The van der Waals surface area contributed by atoms with Gasteiger partial charge in [0, 0.05) is 0 Å². The van der Waals surface area contributed by atoms with Crippen LogP contribution in [0.5, 0.6) is 0 Å². The average Bonchev–Trinajstić information content (AvgIpc) is 2.47. The summed E-state index contributed by atoms with van der Waals surface area (Å²) in [5, 5.41) is 0. The van der Waals surface area contributed by atoms with E-state index in [0.717, 1.165) is 0 Å². The molecule has 0 N–H and O–H groups in total. The van der Waals surface area contributed by atoms with Gasteiger partial charge in [0.25, 0.3) is 0 Å². The van der Waals surface area contributed by atoms with E-state index in [-0.39, 0.29) is 30.7 Å². The Kier molecular flexibility index (Phi) is 13.8. The van der Waals surface area contributed by atoms with Gasteiger partial charge in [-0.25, -0.2) is 0 Å². The highest BCUT2D eigenvalue weighted by Crippen LogP contribution is 2.25. The molecule has 0 fully saturated rings. The van der Waals surface area contributed by atoms with Gasteiger partial charge in [0.15, 0.2) is 19.5 Å². The van der Waals surface area contributed by atoms with Crippen molar-refractivity contribution >= 4 is 19.5 Å². The van der Waals surface area contributed by atoms with Crippen molar-refractivity contribution in [1.29, 1.82) is 0 Å². The van der Waals surface area contributed by atoms with Gasteiger partial charge in [-0.3, -0.25) is 0 Å². The molecule has 0 atom stereocenters. The molecule has 0 aliphatic carbocycles. The standard InChI is InChI=1S/C19H44O2Si2/c1-7-12-18(5,13-8-2)20-22-16-11-17-23-21-19(6,14-9-3)15-10-4/h7-17,22-23H2,1-6H3. The van der Waals surface area contributed by atoms with Gasteiger partial charge in [-0.1, -0.05) is 59.8 Å². The largest absolute Gasteiger partial charge is 0.419 e. The summed E-state index contributed by atoms with van der Waals surface area (Å²) < 4.78 is 12.7. The van der Waals surface area contributed by atoms with Crippen molar-refractivity contribution in [2.45, 2.75) is 123 Å². The van der Waals surface area contributed by atoms with Crippen LogP contribution in [-0.4, -0.2) is 30.7 Å². The predicted molar refractivity (Wildman–Crippen MR) is 110 cm³/mol. The molecule has 4 heteroatoms. The highest BCUT2D eigenvalue weighted by molar-refractivity contribution is 6.29. The van der Waals surface area contributed by atoms with Gasteiger partial charge in [-0.15, -0.1) is 0 Å². The van der Waals surface area contributed by atoms with E-state index in [1.807, 2.05) is 0 Å². The van der Waals surface area contributed by atoms with Crippen LogP contribution in [0.3, 0.4) is 0 Å². The molecular formula is C19H44O2Si2.